The molecule has 24 heavy (non-hydrogen) atoms. The maximum Gasteiger partial charge on any atom is 0.275 e. The van der Waals surface area contributed by atoms with Crippen LogP contribution in [0.15, 0.2) is 36.7 Å². The van der Waals surface area contributed by atoms with E-state index in [9.17, 15) is 4.79 Å². The maximum absolute atomic E-state index is 12.2. The highest BCUT2D eigenvalue weighted by Gasteiger charge is 2.17. The fourth-order valence-electron chi connectivity index (χ4n) is 2.66. The summed E-state index contributed by atoms with van der Waals surface area (Å²) in [4.78, 5) is 23.0. The van der Waals surface area contributed by atoms with E-state index in [-0.39, 0.29) is 11.6 Å². The van der Waals surface area contributed by atoms with Gasteiger partial charge in [-0.1, -0.05) is 6.92 Å². The summed E-state index contributed by atoms with van der Waals surface area (Å²) in [5, 5.41) is 11.5. The van der Waals surface area contributed by atoms with E-state index in [1.54, 1.807) is 30.5 Å². The molecule has 0 bridgehead atoms. The van der Waals surface area contributed by atoms with Gasteiger partial charge in [0.1, 0.15) is 11.5 Å². The number of nitrogens with zero attached hydrogens (tertiary/aromatic N) is 4. The van der Waals surface area contributed by atoms with Crippen LogP contribution in [0.5, 0.6) is 0 Å². The fourth-order valence-corrected chi connectivity index (χ4v) is 2.66. The minimum atomic E-state index is -0.314. The van der Waals surface area contributed by atoms with Crippen LogP contribution in [0.3, 0.4) is 0 Å². The van der Waals surface area contributed by atoms with E-state index >= 15 is 0 Å². The molecule has 0 spiro atoms. The van der Waals surface area contributed by atoms with Gasteiger partial charge in [-0.2, -0.15) is 5.26 Å². The van der Waals surface area contributed by atoms with E-state index < -0.39 is 0 Å². The molecule has 0 atom stereocenters. The van der Waals surface area contributed by atoms with Crippen molar-refractivity contribution >= 4 is 17.4 Å². The Labute approximate surface area is 141 Å². The van der Waals surface area contributed by atoms with Crippen LogP contribution >= 0.6 is 0 Å². The van der Waals surface area contributed by atoms with Crippen LogP contribution in [0.4, 0.5) is 11.5 Å². The summed E-state index contributed by atoms with van der Waals surface area (Å²) in [6.45, 7) is 4.22. The van der Waals surface area contributed by atoms with Crippen molar-refractivity contribution in [3.05, 3.63) is 47.9 Å². The molecular weight excluding hydrogens is 302 g/mol. The molecule has 6 nitrogen and oxygen atoms in total. The third-order valence-corrected chi connectivity index (χ3v) is 4.25. The van der Waals surface area contributed by atoms with E-state index in [0.717, 1.165) is 37.7 Å². The highest BCUT2D eigenvalue weighted by atomic mass is 16.1. The number of piperidine rings is 1. The number of hydrogen-bond acceptors (Lipinski definition) is 5. The molecule has 122 valence electrons. The van der Waals surface area contributed by atoms with Crippen molar-refractivity contribution < 1.29 is 4.79 Å². The number of amides is 1. The first-order valence-electron chi connectivity index (χ1n) is 8.04. The zero-order valence-corrected chi connectivity index (χ0v) is 13.6. The van der Waals surface area contributed by atoms with Gasteiger partial charge in [0.15, 0.2) is 0 Å². The van der Waals surface area contributed by atoms with Gasteiger partial charge in [-0.15, -0.1) is 0 Å². The quantitative estimate of drug-likeness (QED) is 0.940. The largest absolute Gasteiger partial charge is 0.355 e. The van der Waals surface area contributed by atoms with Gasteiger partial charge in [-0.05, 0) is 43.0 Å². The first-order valence-corrected chi connectivity index (χ1v) is 8.04. The summed E-state index contributed by atoms with van der Waals surface area (Å²) in [5.41, 5.74) is 1.44. The topological polar surface area (TPSA) is 81.9 Å². The molecule has 1 aromatic carbocycles. The molecular formula is C18H19N5O. The maximum atomic E-state index is 12.2. The van der Waals surface area contributed by atoms with E-state index in [1.165, 1.54) is 6.20 Å². The molecule has 3 rings (SSSR count). The minimum absolute atomic E-state index is 0.272. The molecule has 1 saturated heterocycles. The van der Waals surface area contributed by atoms with Crippen LogP contribution in [0.25, 0.3) is 0 Å². The number of nitriles is 1. The first-order chi connectivity index (χ1) is 11.7. The standard InChI is InChI=1S/C18H19N5O/c1-13-6-8-23(9-7-13)17-12-20-16(11-21-17)18(24)22-15-4-2-14(10-19)3-5-15/h2-5,11-13H,6-9H2,1H3,(H,22,24). The summed E-state index contributed by atoms with van der Waals surface area (Å²) in [6, 6.07) is 8.72. The van der Waals surface area contributed by atoms with Gasteiger partial charge in [0, 0.05) is 18.8 Å². The molecule has 2 aromatic rings. The summed E-state index contributed by atoms with van der Waals surface area (Å²) in [7, 11) is 0. The average Bonchev–Trinajstić information content (AvgIpc) is 2.63. The average molecular weight is 321 g/mol. The monoisotopic (exact) mass is 321 g/mol. The van der Waals surface area contributed by atoms with Gasteiger partial charge in [-0.3, -0.25) is 4.79 Å². The Bertz CT molecular complexity index is 740. The lowest BCUT2D eigenvalue weighted by Gasteiger charge is -2.30. The SMILES string of the molecule is CC1CCN(c2cnc(C(=O)Nc3ccc(C#N)cc3)cn2)CC1. The fraction of sp³-hybridized carbons (Fsp3) is 0.333. The van der Waals surface area contributed by atoms with E-state index in [1.807, 2.05) is 6.07 Å². The van der Waals surface area contributed by atoms with Gasteiger partial charge >= 0.3 is 0 Å². The lowest BCUT2D eigenvalue weighted by molar-refractivity contribution is 0.102. The Hall–Kier alpha value is -2.94. The molecule has 6 heteroatoms. The smallest absolute Gasteiger partial charge is 0.275 e. The molecule has 0 aliphatic carbocycles. The zero-order valence-electron chi connectivity index (χ0n) is 13.6. The van der Waals surface area contributed by atoms with Crippen LogP contribution in [-0.4, -0.2) is 29.0 Å². The Balaban J connectivity index is 1.64. The first kappa shape index (κ1) is 15.9. The molecule has 2 heterocycles. The Kier molecular flexibility index (Phi) is 4.71. The van der Waals surface area contributed by atoms with Gasteiger partial charge in [0.25, 0.3) is 5.91 Å². The predicted molar refractivity (Wildman–Crippen MR) is 91.8 cm³/mol. The molecule has 1 aromatic heterocycles. The van der Waals surface area contributed by atoms with Crippen LogP contribution in [0.1, 0.15) is 35.8 Å². The summed E-state index contributed by atoms with van der Waals surface area (Å²) >= 11 is 0. The molecule has 1 aliphatic rings. The van der Waals surface area contributed by atoms with Crippen LogP contribution in [0, 0.1) is 17.2 Å². The second kappa shape index (κ2) is 7.09. The van der Waals surface area contributed by atoms with Crippen molar-refractivity contribution in [2.24, 2.45) is 5.92 Å². The number of rotatable bonds is 3. The van der Waals surface area contributed by atoms with Crippen LogP contribution < -0.4 is 10.2 Å². The van der Waals surface area contributed by atoms with E-state index in [2.05, 4.69) is 27.1 Å². The van der Waals surface area contributed by atoms with Crippen molar-refractivity contribution in [1.82, 2.24) is 9.97 Å². The molecule has 1 amide bonds. The molecule has 0 unspecified atom stereocenters. The van der Waals surface area contributed by atoms with Gasteiger partial charge < -0.3 is 10.2 Å². The van der Waals surface area contributed by atoms with Crippen molar-refractivity contribution in [3.8, 4) is 6.07 Å². The van der Waals surface area contributed by atoms with Gasteiger partial charge in [0.2, 0.25) is 0 Å². The van der Waals surface area contributed by atoms with Crippen molar-refractivity contribution in [3.63, 3.8) is 0 Å². The normalized spacial score (nSPS) is 14.9. The van der Waals surface area contributed by atoms with Crippen molar-refractivity contribution in [1.29, 1.82) is 5.26 Å². The number of nitrogens with one attached hydrogen (secondary N) is 1. The molecule has 1 aliphatic heterocycles. The van der Waals surface area contributed by atoms with Gasteiger partial charge in [0.05, 0.1) is 24.0 Å². The molecule has 0 saturated carbocycles. The lowest BCUT2D eigenvalue weighted by Crippen LogP contribution is -2.33. The number of hydrogen-bond donors (Lipinski definition) is 1. The molecule has 1 fully saturated rings. The number of aromatic nitrogens is 2. The summed E-state index contributed by atoms with van der Waals surface area (Å²) in [6.07, 6.45) is 5.47. The lowest BCUT2D eigenvalue weighted by atomic mass is 9.99. The van der Waals surface area contributed by atoms with Crippen molar-refractivity contribution in [2.75, 3.05) is 23.3 Å². The van der Waals surface area contributed by atoms with Crippen molar-refractivity contribution in [2.45, 2.75) is 19.8 Å². The number of carbonyl (C=O) groups is 1. The predicted octanol–water partition coefficient (Wildman–Crippen LogP) is 2.84. The molecule has 0 radical (unpaired) electrons. The zero-order chi connectivity index (χ0) is 16.9. The van der Waals surface area contributed by atoms with Crippen LogP contribution in [0.2, 0.25) is 0 Å². The highest BCUT2D eigenvalue weighted by molar-refractivity contribution is 6.02. The number of anilines is 2. The Morgan fingerprint density at radius 2 is 1.92 bits per heavy atom. The summed E-state index contributed by atoms with van der Waals surface area (Å²) < 4.78 is 0. The molecule has 1 N–H and O–H groups in total. The number of carbonyl (C=O) groups excluding carboxylic acids is 1. The Morgan fingerprint density at radius 1 is 1.21 bits per heavy atom. The second-order valence-electron chi connectivity index (χ2n) is 6.07. The van der Waals surface area contributed by atoms with E-state index in [0.29, 0.717) is 11.3 Å². The highest BCUT2D eigenvalue weighted by Crippen LogP contribution is 2.20. The van der Waals surface area contributed by atoms with Gasteiger partial charge in [-0.25, -0.2) is 9.97 Å². The van der Waals surface area contributed by atoms with E-state index in [4.69, 9.17) is 5.26 Å². The third kappa shape index (κ3) is 3.69. The number of benzene rings is 1. The van der Waals surface area contributed by atoms with Crippen LogP contribution in [-0.2, 0) is 0 Å². The summed E-state index contributed by atoms with van der Waals surface area (Å²) in [5.74, 6) is 1.26. The third-order valence-electron chi connectivity index (χ3n) is 4.25. The second-order valence-corrected chi connectivity index (χ2v) is 6.07. The minimum Gasteiger partial charge on any atom is -0.355 e. The Morgan fingerprint density at radius 3 is 2.50 bits per heavy atom.